The first-order chi connectivity index (χ1) is 28.2. The van der Waals surface area contributed by atoms with Gasteiger partial charge in [0.1, 0.15) is 33.5 Å². The first-order valence-corrected chi connectivity index (χ1v) is 18.9. The monoisotopic (exact) mass is 731 g/mol. The maximum Gasteiger partial charge on any atom is 0.167 e. The molecule has 0 fully saturated rings. The van der Waals surface area contributed by atoms with Crippen LogP contribution >= 0.6 is 0 Å². The Balaban J connectivity index is 1.09. The molecular weight excluding hydrogens is 703 g/mol. The quantitative estimate of drug-likeness (QED) is 0.175. The van der Waals surface area contributed by atoms with E-state index in [2.05, 4.69) is 78.9 Å². The molecule has 6 heteroatoms. The zero-order valence-electron chi connectivity index (χ0n) is 30.3. The molecule has 4 heterocycles. The van der Waals surface area contributed by atoms with Gasteiger partial charge in [-0.05, 0) is 65.2 Å². The lowest BCUT2D eigenvalue weighted by atomic mass is 9.93. The standard InChI is InChI=1S/C51H29N3O3/c1-3-13-30(14-4-1)49-52-50(31-15-5-2-6-16-31)54-51(53-49)38-21-11-20-37-46-34(19-12-24-45(46)57-47(37)38)33-28-39(48-41(29-33)36-18-8-10-23-43(36)56-48)32-25-26-44-40(27-32)35-17-7-9-22-42(35)55-44/h1-29H. The van der Waals surface area contributed by atoms with Gasteiger partial charge < -0.3 is 13.3 Å². The largest absolute Gasteiger partial charge is 0.456 e. The van der Waals surface area contributed by atoms with Crippen LogP contribution in [0.4, 0.5) is 0 Å². The first kappa shape index (κ1) is 31.5. The summed E-state index contributed by atoms with van der Waals surface area (Å²) >= 11 is 0. The lowest BCUT2D eigenvalue weighted by molar-refractivity contribution is 0.668. The summed E-state index contributed by atoms with van der Waals surface area (Å²) in [6, 6.07) is 59.8. The van der Waals surface area contributed by atoms with Crippen LogP contribution in [0.2, 0.25) is 0 Å². The molecule has 0 aliphatic heterocycles. The molecule has 6 nitrogen and oxygen atoms in total. The molecule has 0 saturated heterocycles. The smallest absolute Gasteiger partial charge is 0.167 e. The van der Waals surface area contributed by atoms with E-state index in [0.717, 1.165) is 105 Å². The van der Waals surface area contributed by atoms with E-state index in [9.17, 15) is 0 Å². The van der Waals surface area contributed by atoms with Gasteiger partial charge in [0, 0.05) is 49.0 Å². The van der Waals surface area contributed by atoms with Crippen molar-refractivity contribution < 1.29 is 13.3 Å². The van der Waals surface area contributed by atoms with Crippen molar-refractivity contribution in [2.45, 2.75) is 0 Å². The summed E-state index contributed by atoms with van der Waals surface area (Å²) in [4.78, 5) is 15.0. The molecule has 0 radical (unpaired) electrons. The molecule has 0 aliphatic carbocycles. The fourth-order valence-electron chi connectivity index (χ4n) is 8.28. The number of aromatic nitrogens is 3. The van der Waals surface area contributed by atoms with Crippen molar-refractivity contribution in [3.8, 4) is 56.4 Å². The molecule has 12 aromatic rings. The van der Waals surface area contributed by atoms with Crippen molar-refractivity contribution >= 4 is 65.8 Å². The van der Waals surface area contributed by atoms with E-state index in [1.807, 2.05) is 97.1 Å². The Labute approximate surface area is 325 Å². The Hall–Kier alpha value is -7.83. The number of para-hydroxylation sites is 3. The highest BCUT2D eigenvalue weighted by molar-refractivity contribution is 6.18. The van der Waals surface area contributed by atoms with Crippen LogP contribution in [0.3, 0.4) is 0 Å². The van der Waals surface area contributed by atoms with Gasteiger partial charge in [-0.1, -0.05) is 127 Å². The van der Waals surface area contributed by atoms with Crippen molar-refractivity contribution in [1.29, 1.82) is 0 Å². The molecule has 0 aliphatic rings. The lowest BCUT2D eigenvalue weighted by Crippen LogP contribution is -2.00. The zero-order valence-corrected chi connectivity index (χ0v) is 30.3. The van der Waals surface area contributed by atoms with Crippen LogP contribution in [0.25, 0.3) is 122 Å². The lowest BCUT2D eigenvalue weighted by Gasteiger charge is -2.10. The van der Waals surface area contributed by atoms with Crippen LogP contribution in [0, 0.1) is 0 Å². The Morgan fingerprint density at radius 1 is 0.281 bits per heavy atom. The predicted octanol–water partition coefficient (Wildman–Crippen LogP) is 13.9. The molecule has 4 aromatic heterocycles. The second-order valence-corrected chi connectivity index (χ2v) is 14.3. The minimum absolute atomic E-state index is 0.546. The highest BCUT2D eigenvalue weighted by Crippen LogP contribution is 2.45. The summed E-state index contributed by atoms with van der Waals surface area (Å²) in [7, 11) is 0. The summed E-state index contributed by atoms with van der Waals surface area (Å²) in [6.07, 6.45) is 0. The van der Waals surface area contributed by atoms with Gasteiger partial charge in [0.15, 0.2) is 17.5 Å². The van der Waals surface area contributed by atoms with E-state index in [1.165, 1.54) is 0 Å². The molecule has 0 atom stereocenters. The Bertz CT molecular complexity index is 3470. The molecule has 0 bridgehead atoms. The fraction of sp³-hybridized carbons (Fsp3) is 0. The SMILES string of the molecule is c1ccc(-c2nc(-c3ccccc3)nc(-c3cccc4c3oc3cccc(-c5cc(-c6ccc7oc8ccccc8c7c6)c6oc7ccccc7c6c5)c34)n2)cc1. The summed E-state index contributed by atoms with van der Waals surface area (Å²) in [6.45, 7) is 0. The van der Waals surface area contributed by atoms with E-state index in [0.29, 0.717) is 17.5 Å². The number of hydrogen-bond acceptors (Lipinski definition) is 6. The van der Waals surface area contributed by atoms with Crippen LogP contribution in [-0.4, -0.2) is 15.0 Å². The highest BCUT2D eigenvalue weighted by atomic mass is 16.3. The molecule has 0 amide bonds. The van der Waals surface area contributed by atoms with Crippen molar-refractivity contribution in [2.75, 3.05) is 0 Å². The second kappa shape index (κ2) is 12.3. The average molecular weight is 732 g/mol. The predicted molar refractivity (Wildman–Crippen MR) is 229 cm³/mol. The maximum absolute atomic E-state index is 6.80. The summed E-state index contributed by atoms with van der Waals surface area (Å²) in [5.41, 5.74) is 11.7. The van der Waals surface area contributed by atoms with Crippen LogP contribution in [0.15, 0.2) is 189 Å². The Morgan fingerprint density at radius 2 is 0.807 bits per heavy atom. The first-order valence-electron chi connectivity index (χ1n) is 18.9. The Morgan fingerprint density at radius 3 is 1.56 bits per heavy atom. The molecule has 0 saturated carbocycles. The third-order valence-electron chi connectivity index (χ3n) is 10.9. The summed E-state index contributed by atoms with van der Waals surface area (Å²) in [5.74, 6) is 1.75. The summed E-state index contributed by atoms with van der Waals surface area (Å²) in [5, 5.41) is 6.26. The molecule has 0 spiro atoms. The van der Waals surface area contributed by atoms with Gasteiger partial charge in [-0.15, -0.1) is 0 Å². The molecule has 57 heavy (non-hydrogen) atoms. The van der Waals surface area contributed by atoms with Crippen molar-refractivity contribution in [3.63, 3.8) is 0 Å². The minimum atomic E-state index is 0.546. The molecule has 12 rings (SSSR count). The maximum atomic E-state index is 6.80. The molecule has 0 N–H and O–H groups in total. The number of benzene rings is 8. The van der Waals surface area contributed by atoms with Crippen molar-refractivity contribution in [2.24, 2.45) is 0 Å². The average Bonchev–Trinajstić information content (AvgIpc) is 3.98. The van der Waals surface area contributed by atoms with Gasteiger partial charge >= 0.3 is 0 Å². The normalized spacial score (nSPS) is 11.9. The molecular formula is C51H29N3O3. The number of hydrogen-bond donors (Lipinski definition) is 0. The van der Waals surface area contributed by atoms with Gasteiger partial charge in [-0.2, -0.15) is 0 Å². The van der Waals surface area contributed by atoms with Gasteiger partial charge in [0.25, 0.3) is 0 Å². The fourth-order valence-corrected chi connectivity index (χ4v) is 8.28. The van der Waals surface area contributed by atoms with Gasteiger partial charge in [0.2, 0.25) is 0 Å². The molecule has 0 unspecified atom stereocenters. The van der Waals surface area contributed by atoms with E-state index >= 15 is 0 Å². The number of furan rings is 3. The Kier molecular flexibility index (Phi) is 6.83. The summed E-state index contributed by atoms with van der Waals surface area (Å²) < 4.78 is 19.6. The van der Waals surface area contributed by atoms with Crippen LogP contribution < -0.4 is 0 Å². The van der Waals surface area contributed by atoms with Crippen LogP contribution in [-0.2, 0) is 0 Å². The van der Waals surface area contributed by atoms with Crippen molar-refractivity contribution in [1.82, 2.24) is 15.0 Å². The van der Waals surface area contributed by atoms with E-state index in [1.54, 1.807) is 0 Å². The number of rotatable bonds is 5. The molecule has 8 aromatic carbocycles. The van der Waals surface area contributed by atoms with Gasteiger partial charge in [-0.3, -0.25) is 0 Å². The molecule has 266 valence electrons. The van der Waals surface area contributed by atoms with Crippen molar-refractivity contribution in [3.05, 3.63) is 176 Å². The van der Waals surface area contributed by atoms with Crippen LogP contribution in [0.1, 0.15) is 0 Å². The third kappa shape index (κ3) is 5.01. The van der Waals surface area contributed by atoms with Gasteiger partial charge in [-0.25, -0.2) is 15.0 Å². The van der Waals surface area contributed by atoms with Gasteiger partial charge in [0.05, 0.1) is 5.56 Å². The van der Waals surface area contributed by atoms with E-state index < -0.39 is 0 Å². The van der Waals surface area contributed by atoms with E-state index in [4.69, 9.17) is 28.2 Å². The topological polar surface area (TPSA) is 78.1 Å². The minimum Gasteiger partial charge on any atom is -0.456 e. The zero-order chi connectivity index (χ0) is 37.5. The third-order valence-corrected chi connectivity index (χ3v) is 10.9. The number of fused-ring (bicyclic) bond motifs is 9. The second-order valence-electron chi connectivity index (χ2n) is 14.3. The highest BCUT2D eigenvalue weighted by Gasteiger charge is 2.22. The van der Waals surface area contributed by atoms with Crippen LogP contribution in [0.5, 0.6) is 0 Å². The number of nitrogens with zero attached hydrogens (tertiary/aromatic N) is 3. The van der Waals surface area contributed by atoms with E-state index in [-0.39, 0.29) is 0 Å².